The third-order valence-electron chi connectivity index (χ3n) is 5.64. The fourth-order valence-electron chi connectivity index (χ4n) is 4.10. The molecule has 0 unspecified atom stereocenters. The molecular formula is C26H26N2O6S. The number of fused-ring (bicyclic) bond motifs is 1. The highest BCUT2D eigenvalue weighted by Crippen LogP contribution is 2.40. The minimum absolute atomic E-state index is 0.192. The average Bonchev–Trinajstić information content (AvgIpc) is 3.16. The molecule has 0 saturated heterocycles. The van der Waals surface area contributed by atoms with Gasteiger partial charge in [-0.2, -0.15) is 0 Å². The highest BCUT2D eigenvalue weighted by atomic mass is 32.1. The number of esters is 1. The molecule has 35 heavy (non-hydrogen) atoms. The number of allylic oxidation sites excluding steroid dienone is 1. The lowest BCUT2D eigenvalue weighted by Crippen LogP contribution is -2.40. The van der Waals surface area contributed by atoms with Gasteiger partial charge in [-0.15, -0.1) is 0 Å². The summed E-state index contributed by atoms with van der Waals surface area (Å²) in [5, 5.41) is 0. The molecule has 0 radical (unpaired) electrons. The largest absolute Gasteiger partial charge is 0.497 e. The summed E-state index contributed by atoms with van der Waals surface area (Å²) >= 11 is 1.25. The van der Waals surface area contributed by atoms with Gasteiger partial charge in [0.15, 0.2) is 16.3 Å². The molecule has 0 fully saturated rings. The zero-order chi connectivity index (χ0) is 25.1. The van der Waals surface area contributed by atoms with Gasteiger partial charge in [0, 0.05) is 5.56 Å². The number of benzene rings is 2. The van der Waals surface area contributed by atoms with Crippen LogP contribution in [0.1, 0.15) is 31.0 Å². The van der Waals surface area contributed by atoms with E-state index in [9.17, 15) is 9.59 Å². The maximum atomic E-state index is 13.7. The van der Waals surface area contributed by atoms with E-state index < -0.39 is 12.0 Å². The second-order valence-corrected chi connectivity index (χ2v) is 8.67. The Kier molecular flexibility index (Phi) is 7.07. The van der Waals surface area contributed by atoms with Gasteiger partial charge in [0.25, 0.3) is 5.56 Å². The quantitative estimate of drug-likeness (QED) is 0.470. The SMILES string of the molecule is CCOC(=O)C1=C(C)N=c2s/c(=C\c3cccc(OC)c3)c(=O)n2[C@H]1c1cccc(OC)c1OC. The molecule has 1 atom stereocenters. The molecule has 0 spiro atoms. The highest BCUT2D eigenvalue weighted by Gasteiger charge is 2.35. The minimum atomic E-state index is -0.803. The Morgan fingerprint density at radius 1 is 1.11 bits per heavy atom. The Hall–Kier alpha value is -3.85. The summed E-state index contributed by atoms with van der Waals surface area (Å²) < 4.78 is 23.8. The highest BCUT2D eigenvalue weighted by molar-refractivity contribution is 7.07. The summed E-state index contributed by atoms with van der Waals surface area (Å²) in [6.07, 6.45) is 1.79. The predicted molar refractivity (Wildman–Crippen MR) is 133 cm³/mol. The molecule has 1 aromatic heterocycles. The fraction of sp³-hybridized carbons (Fsp3) is 0.269. The van der Waals surface area contributed by atoms with E-state index in [0.29, 0.717) is 37.8 Å². The van der Waals surface area contributed by atoms with E-state index in [-0.39, 0.29) is 17.7 Å². The molecule has 0 saturated carbocycles. The lowest BCUT2D eigenvalue weighted by atomic mass is 9.94. The molecule has 0 aliphatic carbocycles. The smallest absolute Gasteiger partial charge is 0.338 e. The Balaban J connectivity index is 2.01. The number of ether oxygens (including phenoxy) is 4. The van der Waals surface area contributed by atoms with Crippen molar-refractivity contribution in [1.82, 2.24) is 4.57 Å². The van der Waals surface area contributed by atoms with Crippen LogP contribution in [0.15, 0.2) is 63.5 Å². The van der Waals surface area contributed by atoms with Gasteiger partial charge in [0.1, 0.15) is 11.8 Å². The van der Waals surface area contributed by atoms with Crippen molar-refractivity contribution in [2.24, 2.45) is 4.99 Å². The van der Waals surface area contributed by atoms with Gasteiger partial charge >= 0.3 is 5.97 Å². The monoisotopic (exact) mass is 494 g/mol. The summed E-state index contributed by atoms with van der Waals surface area (Å²) in [6, 6.07) is 12.0. The van der Waals surface area contributed by atoms with Gasteiger partial charge in [-0.1, -0.05) is 35.6 Å². The van der Waals surface area contributed by atoms with Crippen molar-refractivity contribution < 1.29 is 23.7 Å². The van der Waals surface area contributed by atoms with Crippen LogP contribution in [-0.4, -0.2) is 38.5 Å². The molecule has 3 aromatic rings. The molecule has 4 rings (SSSR count). The first-order valence-corrected chi connectivity index (χ1v) is 11.8. The first-order chi connectivity index (χ1) is 16.9. The van der Waals surface area contributed by atoms with Gasteiger partial charge in [-0.05, 0) is 43.7 Å². The number of carbonyl (C=O) groups excluding carboxylic acids is 1. The topological polar surface area (TPSA) is 88.4 Å². The van der Waals surface area contributed by atoms with Crippen LogP contribution in [0.25, 0.3) is 6.08 Å². The Labute approximate surface area is 206 Å². The van der Waals surface area contributed by atoms with Crippen LogP contribution in [0.2, 0.25) is 0 Å². The van der Waals surface area contributed by atoms with Crippen molar-refractivity contribution in [1.29, 1.82) is 0 Å². The summed E-state index contributed by atoms with van der Waals surface area (Å²) in [5.41, 5.74) is 1.89. The molecule has 0 amide bonds. The van der Waals surface area contributed by atoms with E-state index in [0.717, 1.165) is 5.56 Å². The number of rotatable bonds is 7. The summed E-state index contributed by atoms with van der Waals surface area (Å²) in [6.45, 7) is 3.67. The van der Waals surface area contributed by atoms with Crippen molar-refractivity contribution in [2.75, 3.05) is 27.9 Å². The Morgan fingerprint density at radius 3 is 2.57 bits per heavy atom. The van der Waals surface area contributed by atoms with Crippen molar-refractivity contribution in [3.05, 3.63) is 84.5 Å². The molecule has 1 aliphatic heterocycles. The van der Waals surface area contributed by atoms with E-state index in [1.165, 1.54) is 30.1 Å². The standard InChI is InChI=1S/C26H26N2O6S/c1-6-34-25(30)21-15(2)27-26-28(22(21)18-11-8-12-19(32-4)23(18)33-5)24(29)20(35-26)14-16-9-7-10-17(13-16)31-3/h7-14,22H,6H2,1-5H3/b20-14-/t22-/m0/s1. The number of hydrogen-bond donors (Lipinski definition) is 0. The summed E-state index contributed by atoms with van der Waals surface area (Å²) in [5.74, 6) is 1.07. The predicted octanol–water partition coefficient (Wildman–Crippen LogP) is 2.82. The number of aromatic nitrogens is 1. The van der Waals surface area contributed by atoms with E-state index in [4.69, 9.17) is 18.9 Å². The van der Waals surface area contributed by atoms with Crippen LogP contribution in [0.4, 0.5) is 0 Å². The number of carbonyl (C=O) groups is 1. The van der Waals surface area contributed by atoms with E-state index in [1.54, 1.807) is 39.2 Å². The normalized spacial score (nSPS) is 15.3. The Bertz CT molecular complexity index is 1480. The maximum absolute atomic E-state index is 13.7. The van der Waals surface area contributed by atoms with Gasteiger partial charge in [-0.3, -0.25) is 9.36 Å². The molecule has 2 heterocycles. The van der Waals surface area contributed by atoms with E-state index in [1.807, 2.05) is 30.3 Å². The number of methoxy groups -OCH3 is 3. The molecule has 8 nitrogen and oxygen atoms in total. The molecule has 2 aromatic carbocycles. The van der Waals surface area contributed by atoms with Crippen LogP contribution in [-0.2, 0) is 9.53 Å². The molecule has 9 heteroatoms. The fourth-order valence-corrected chi connectivity index (χ4v) is 5.14. The van der Waals surface area contributed by atoms with Crippen molar-refractivity contribution in [3.63, 3.8) is 0 Å². The number of nitrogens with zero attached hydrogens (tertiary/aromatic N) is 2. The molecule has 182 valence electrons. The zero-order valence-electron chi connectivity index (χ0n) is 20.2. The molecule has 0 N–H and O–H groups in total. The third kappa shape index (κ3) is 4.46. The lowest BCUT2D eigenvalue weighted by Gasteiger charge is -2.26. The van der Waals surface area contributed by atoms with Crippen molar-refractivity contribution in [2.45, 2.75) is 19.9 Å². The van der Waals surface area contributed by atoms with Crippen LogP contribution in [0.3, 0.4) is 0 Å². The van der Waals surface area contributed by atoms with Crippen molar-refractivity contribution >= 4 is 23.4 Å². The maximum Gasteiger partial charge on any atom is 0.338 e. The van der Waals surface area contributed by atoms with Crippen LogP contribution in [0.5, 0.6) is 17.2 Å². The van der Waals surface area contributed by atoms with Crippen LogP contribution < -0.4 is 29.1 Å². The number of para-hydroxylation sites is 1. The Morgan fingerprint density at radius 2 is 1.89 bits per heavy atom. The second kappa shape index (κ2) is 10.2. The summed E-state index contributed by atoms with van der Waals surface area (Å²) in [4.78, 5) is 31.9. The van der Waals surface area contributed by atoms with Crippen LogP contribution in [0, 0.1) is 0 Å². The van der Waals surface area contributed by atoms with Gasteiger partial charge in [-0.25, -0.2) is 9.79 Å². The molecule has 1 aliphatic rings. The van der Waals surface area contributed by atoms with Gasteiger partial charge < -0.3 is 18.9 Å². The van der Waals surface area contributed by atoms with Crippen LogP contribution >= 0.6 is 11.3 Å². The number of hydrogen-bond acceptors (Lipinski definition) is 8. The minimum Gasteiger partial charge on any atom is -0.497 e. The van der Waals surface area contributed by atoms with E-state index >= 15 is 0 Å². The average molecular weight is 495 g/mol. The number of thiazole rings is 1. The zero-order valence-corrected chi connectivity index (χ0v) is 21.0. The molecular weight excluding hydrogens is 468 g/mol. The second-order valence-electron chi connectivity index (χ2n) is 7.66. The third-order valence-corrected chi connectivity index (χ3v) is 6.62. The first-order valence-electron chi connectivity index (χ1n) is 11.0. The summed E-state index contributed by atoms with van der Waals surface area (Å²) in [7, 11) is 4.65. The first kappa shape index (κ1) is 24.3. The van der Waals surface area contributed by atoms with Crippen molar-refractivity contribution in [3.8, 4) is 17.2 Å². The lowest BCUT2D eigenvalue weighted by molar-refractivity contribution is -0.139. The van der Waals surface area contributed by atoms with E-state index in [2.05, 4.69) is 4.99 Å². The van der Waals surface area contributed by atoms with Gasteiger partial charge in [0.2, 0.25) is 0 Å². The molecule has 0 bridgehead atoms. The van der Waals surface area contributed by atoms with Gasteiger partial charge in [0.05, 0.1) is 43.7 Å².